The second kappa shape index (κ2) is 7.01. The molecule has 0 atom stereocenters. The number of hydrogen-bond donors (Lipinski definition) is 2. The maximum Gasteiger partial charge on any atom is 0.258 e. The van der Waals surface area contributed by atoms with Crippen molar-refractivity contribution in [3.8, 4) is 0 Å². The zero-order valence-corrected chi connectivity index (χ0v) is 15.3. The van der Waals surface area contributed by atoms with Crippen LogP contribution in [0.4, 0.5) is 11.4 Å². The van der Waals surface area contributed by atoms with Gasteiger partial charge >= 0.3 is 0 Å². The average molecular weight is 335 g/mol. The fourth-order valence-corrected chi connectivity index (χ4v) is 3.34. The van der Waals surface area contributed by atoms with E-state index in [0.29, 0.717) is 11.6 Å². The number of aromatic nitrogens is 1. The molecule has 0 unspecified atom stereocenters. The minimum Gasteiger partial charge on any atom is -0.369 e. The summed E-state index contributed by atoms with van der Waals surface area (Å²) in [7, 11) is 0. The molecule has 4 nitrogen and oxygen atoms in total. The fourth-order valence-electron chi connectivity index (χ4n) is 3.34. The minimum absolute atomic E-state index is 0.0843. The molecular formula is C21H25N3O. The average Bonchev–Trinajstić information content (AvgIpc) is 2.92. The van der Waals surface area contributed by atoms with E-state index >= 15 is 0 Å². The number of rotatable bonds is 5. The zero-order chi connectivity index (χ0) is 18.0. The Kier molecular flexibility index (Phi) is 4.79. The molecule has 0 aliphatic heterocycles. The number of para-hydroxylation sites is 1. The second-order valence-corrected chi connectivity index (χ2v) is 6.55. The first kappa shape index (κ1) is 17.1. The van der Waals surface area contributed by atoms with Crippen LogP contribution in [-0.2, 0) is 0 Å². The lowest BCUT2D eigenvalue weighted by Gasteiger charge is -2.27. The number of aryl methyl sites for hydroxylation is 1. The molecule has 0 bridgehead atoms. The lowest BCUT2D eigenvalue weighted by atomic mass is 10.1. The Morgan fingerprint density at radius 3 is 2.44 bits per heavy atom. The van der Waals surface area contributed by atoms with Crippen LogP contribution in [0.2, 0.25) is 0 Å². The van der Waals surface area contributed by atoms with Crippen LogP contribution in [0.25, 0.3) is 10.9 Å². The molecule has 0 spiro atoms. The normalized spacial score (nSPS) is 11.1. The maximum atomic E-state index is 12.8. The van der Waals surface area contributed by atoms with Crippen molar-refractivity contribution in [2.24, 2.45) is 0 Å². The monoisotopic (exact) mass is 335 g/mol. The number of H-pyrrole nitrogens is 1. The molecule has 130 valence electrons. The van der Waals surface area contributed by atoms with E-state index in [1.54, 1.807) is 0 Å². The molecule has 0 aliphatic carbocycles. The molecule has 1 amide bonds. The van der Waals surface area contributed by atoms with Crippen LogP contribution in [0.1, 0.15) is 36.8 Å². The molecular weight excluding hydrogens is 310 g/mol. The summed E-state index contributed by atoms with van der Waals surface area (Å²) in [5, 5.41) is 3.96. The molecule has 0 saturated carbocycles. The number of nitrogens with zero attached hydrogens (tertiary/aromatic N) is 1. The summed E-state index contributed by atoms with van der Waals surface area (Å²) in [6.07, 6.45) is 0. The number of carbonyl (C=O) groups is 1. The van der Waals surface area contributed by atoms with Gasteiger partial charge < -0.3 is 15.2 Å². The van der Waals surface area contributed by atoms with Crippen LogP contribution in [-0.4, -0.2) is 23.5 Å². The highest BCUT2D eigenvalue weighted by molar-refractivity contribution is 6.13. The highest BCUT2D eigenvalue weighted by Crippen LogP contribution is 2.24. The minimum atomic E-state index is -0.0843. The highest BCUT2D eigenvalue weighted by Gasteiger charge is 2.16. The maximum absolute atomic E-state index is 12.8. The predicted octanol–water partition coefficient (Wildman–Crippen LogP) is 4.96. The fraction of sp³-hybridized carbons (Fsp3) is 0.286. The molecule has 3 aromatic rings. The lowest BCUT2D eigenvalue weighted by Crippen LogP contribution is -2.30. The first-order chi connectivity index (χ1) is 12.0. The van der Waals surface area contributed by atoms with E-state index in [1.165, 1.54) is 5.69 Å². The van der Waals surface area contributed by atoms with Gasteiger partial charge in [0.2, 0.25) is 0 Å². The predicted molar refractivity (Wildman–Crippen MR) is 106 cm³/mol. The molecule has 1 heterocycles. The lowest BCUT2D eigenvalue weighted by molar-refractivity contribution is 0.102. The van der Waals surface area contributed by atoms with Crippen LogP contribution in [0.5, 0.6) is 0 Å². The van der Waals surface area contributed by atoms with Crippen molar-refractivity contribution >= 4 is 28.2 Å². The Balaban J connectivity index is 1.82. The zero-order valence-electron chi connectivity index (χ0n) is 15.3. The van der Waals surface area contributed by atoms with Gasteiger partial charge in [0.15, 0.2) is 0 Å². The van der Waals surface area contributed by atoms with E-state index in [0.717, 1.165) is 28.8 Å². The molecule has 4 heteroatoms. The van der Waals surface area contributed by atoms with E-state index in [4.69, 9.17) is 0 Å². The number of nitrogens with one attached hydrogen (secondary N) is 2. The Labute approximate surface area is 148 Å². The number of aromatic amines is 1. The summed E-state index contributed by atoms with van der Waals surface area (Å²) in [4.78, 5) is 18.3. The van der Waals surface area contributed by atoms with Crippen molar-refractivity contribution in [3.05, 3.63) is 59.8 Å². The number of carbonyl (C=O) groups excluding carboxylic acids is 1. The van der Waals surface area contributed by atoms with E-state index in [-0.39, 0.29) is 5.91 Å². The summed E-state index contributed by atoms with van der Waals surface area (Å²) in [6.45, 7) is 9.39. The summed E-state index contributed by atoms with van der Waals surface area (Å²) in [5.74, 6) is -0.0843. The summed E-state index contributed by atoms with van der Waals surface area (Å²) >= 11 is 0. The summed E-state index contributed by atoms with van der Waals surface area (Å²) < 4.78 is 0. The first-order valence-corrected chi connectivity index (χ1v) is 8.76. The molecule has 3 rings (SSSR count). The number of fused-ring (bicyclic) bond motifs is 1. The van der Waals surface area contributed by atoms with Crippen LogP contribution < -0.4 is 10.2 Å². The van der Waals surface area contributed by atoms with Crippen molar-refractivity contribution in [1.82, 2.24) is 4.98 Å². The van der Waals surface area contributed by atoms with E-state index < -0.39 is 0 Å². The smallest absolute Gasteiger partial charge is 0.258 e. The molecule has 0 saturated heterocycles. The van der Waals surface area contributed by atoms with Crippen LogP contribution in [0, 0.1) is 6.92 Å². The quantitative estimate of drug-likeness (QED) is 0.692. The number of benzene rings is 2. The Morgan fingerprint density at radius 1 is 1.12 bits per heavy atom. The van der Waals surface area contributed by atoms with Crippen molar-refractivity contribution in [2.45, 2.75) is 33.7 Å². The Morgan fingerprint density at radius 2 is 1.80 bits per heavy atom. The molecule has 0 aliphatic rings. The second-order valence-electron chi connectivity index (χ2n) is 6.55. The number of anilines is 2. The SMILES string of the molecule is CCN(c1ccc(NC(=O)c2c(C)[nH]c3ccccc23)cc1)C(C)C. The third kappa shape index (κ3) is 3.38. The number of hydrogen-bond acceptors (Lipinski definition) is 2. The molecule has 2 aromatic carbocycles. The van der Waals surface area contributed by atoms with Gasteiger partial charge in [0.25, 0.3) is 5.91 Å². The van der Waals surface area contributed by atoms with Gasteiger partial charge in [-0.3, -0.25) is 4.79 Å². The Hall–Kier alpha value is -2.75. The van der Waals surface area contributed by atoms with Gasteiger partial charge in [0, 0.05) is 40.6 Å². The van der Waals surface area contributed by atoms with Gasteiger partial charge in [-0.15, -0.1) is 0 Å². The highest BCUT2D eigenvalue weighted by atomic mass is 16.1. The largest absolute Gasteiger partial charge is 0.369 e. The molecule has 25 heavy (non-hydrogen) atoms. The van der Waals surface area contributed by atoms with Gasteiger partial charge in [0.05, 0.1) is 5.56 Å². The Bertz CT molecular complexity index is 878. The van der Waals surface area contributed by atoms with Crippen LogP contribution in [0.3, 0.4) is 0 Å². The molecule has 1 aromatic heterocycles. The topological polar surface area (TPSA) is 48.1 Å². The van der Waals surface area contributed by atoms with Crippen LogP contribution >= 0.6 is 0 Å². The first-order valence-electron chi connectivity index (χ1n) is 8.76. The molecule has 2 N–H and O–H groups in total. The standard InChI is InChI=1S/C21H25N3O/c1-5-24(14(2)3)17-12-10-16(11-13-17)23-21(25)20-15(4)22-19-9-7-6-8-18(19)20/h6-14,22H,5H2,1-4H3,(H,23,25). The van der Waals surface area contributed by atoms with Crippen molar-refractivity contribution < 1.29 is 4.79 Å². The van der Waals surface area contributed by atoms with Gasteiger partial charge in [-0.2, -0.15) is 0 Å². The van der Waals surface area contributed by atoms with Crippen molar-refractivity contribution in [3.63, 3.8) is 0 Å². The summed E-state index contributed by atoms with van der Waals surface area (Å²) in [5.41, 5.74) is 4.54. The third-order valence-electron chi connectivity index (χ3n) is 4.54. The van der Waals surface area contributed by atoms with Crippen molar-refractivity contribution in [1.29, 1.82) is 0 Å². The molecule has 0 radical (unpaired) electrons. The van der Waals surface area contributed by atoms with Gasteiger partial charge in [-0.1, -0.05) is 18.2 Å². The van der Waals surface area contributed by atoms with Gasteiger partial charge in [-0.05, 0) is 58.0 Å². The van der Waals surface area contributed by atoms with Gasteiger partial charge in [0.1, 0.15) is 0 Å². The van der Waals surface area contributed by atoms with E-state index in [2.05, 4.69) is 48.1 Å². The van der Waals surface area contributed by atoms with E-state index in [1.807, 2.05) is 43.3 Å². The van der Waals surface area contributed by atoms with Gasteiger partial charge in [-0.25, -0.2) is 0 Å². The van der Waals surface area contributed by atoms with Crippen LogP contribution in [0.15, 0.2) is 48.5 Å². The number of amides is 1. The van der Waals surface area contributed by atoms with Crippen molar-refractivity contribution in [2.75, 3.05) is 16.8 Å². The third-order valence-corrected chi connectivity index (χ3v) is 4.54. The van der Waals surface area contributed by atoms with E-state index in [9.17, 15) is 4.79 Å². The molecule has 0 fully saturated rings. The summed E-state index contributed by atoms with van der Waals surface area (Å²) in [6, 6.07) is 16.4.